The lowest BCUT2D eigenvalue weighted by atomic mass is 10.2. The van der Waals surface area contributed by atoms with Gasteiger partial charge in [0.15, 0.2) is 0 Å². The average molecular weight is 370 g/mol. The van der Waals surface area contributed by atoms with Gasteiger partial charge < -0.3 is 15.0 Å². The molecule has 0 spiro atoms. The van der Waals surface area contributed by atoms with Crippen LogP contribution in [0.25, 0.3) is 0 Å². The second-order valence-corrected chi connectivity index (χ2v) is 6.96. The lowest BCUT2D eigenvalue weighted by molar-refractivity contribution is -0.117. The molecule has 0 radical (unpaired) electrons. The monoisotopic (exact) mass is 370 g/mol. The first-order chi connectivity index (χ1) is 12.7. The summed E-state index contributed by atoms with van der Waals surface area (Å²) in [6.45, 7) is 3.28. The zero-order chi connectivity index (χ0) is 18.4. The number of ether oxygens (including phenoxy) is 1. The van der Waals surface area contributed by atoms with Gasteiger partial charge in [-0.15, -0.1) is 11.8 Å². The van der Waals surface area contributed by atoms with Gasteiger partial charge in [-0.2, -0.15) is 0 Å². The van der Waals surface area contributed by atoms with Gasteiger partial charge in [0.1, 0.15) is 5.75 Å². The number of hydrogen-bond donors (Lipinski definition) is 1. The molecule has 3 rings (SSSR count). The minimum Gasteiger partial charge on any atom is -0.494 e. The minimum absolute atomic E-state index is 0.0945. The Labute approximate surface area is 157 Å². The van der Waals surface area contributed by atoms with Crippen molar-refractivity contribution in [3.63, 3.8) is 0 Å². The van der Waals surface area contributed by atoms with Crippen molar-refractivity contribution in [1.29, 1.82) is 0 Å². The number of thioether (sulfide) groups is 1. The van der Waals surface area contributed by atoms with Crippen molar-refractivity contribution < 1.29 is 14.3 Å². The first-order valence-corrected chi connectivity index (χ1v) is 9.71. The van der Waals surface area contributed by atoms with E-state index in [9.17, 15) is 9.59 Å². The number of amides is 2. The molecule has 0 unspecified atom stereocenters. The second kappa shape index (κ2) is 8.76. The van der Waals surface area contributed by atoms with E-state index < -0.39 is 0 Å². The van der Waals surface area contributed by atoms with Gasteiger partial charge in [0.05, 0.1) is 23.7 Å². The standard InChI is InChI=1S/C20H22N2O3S/c1-2-25-15-9-11-16(12-10-15)26-14-19(23)21-17-6-3-4-7-18(17)22-13-5-8-20(22)24/h3-4,6-7,9-12H,2,5,8,13-14H2,1H3,(H,21,23). The summed E-state index contributed by atoms with van der Waals surface area (Å²) in [5.74, 6) is 1.14. The van der Waals surface area contributed by atoms with Crippen LogP contribution < -0.4 is 15.0 Å². The molecule has 1 fully saturated rings. The predicted octanol–water partition coefficient (Wildman–Crippen LogP) is 3.94. The quantitative estimate of drug-likeness (QED) is 0.750. The highest BCUT2D eigenvalue weighted by Crippen LogP contribution is 2.29. The fourth-order valence-electron chi connectivity index (χ4n) is 2.85. The van der Waals surface area contributed by atoms with Crippen LogP contribution in [0, 0.1) is 0 Å². The molecule has 1 N–H and O–H groups in total. The van der Waals surface area contributed by atoms with E-state index in [4.69, 9.17) is 4.74 Å². The normalized spacial score (nSPS) is 13.7. The SMILES string of the molecule is CCOc1ccc(SCC(=O)Nc2ccccc2N2CCCC2=O)cc1. The van der Waals surface area contributed by atoms with Crippen molar-refractivity contribution in [2.24, 2.45) is 0 Å². The molecule has 6 heteroatoms. The molecule has 0 atom stereocenters. The van der Waals surface area contributed by atoms with E-state index >= 15 is 0 Å². The maximum absolute atomic E-state index is 12.3. The van der Waals surface area contributed by atoms with Crippen LogP contribution in [0.15, 0.2) is 53.4 Å². The molecule has 1 heterocycles. The summed E-state index contributed by atoms with van der Waals surface area (Å²) in [7, 11) is 0. The number of anilines is 2. The van der Waals surface area contributed by atoms with E-state index in [1.165, 1.54) is 11.8 Å². The van der Waals surface area contributed by atoms with E-state index in [0.717, 1.165) is 22.8 Å². The molecule has 2 amide bonds. The fraction of sp³-hybridized carbons (Fsp3) is 0.300. The first-order valence-electron chi connectivity index (χ1n) is 8.72. The highest BCUT2D eigenvalue weighted by Gasteiger charge is 2.24. The molecule has 0 aromatic heterocycles. The van der Waals surface area contributed by atoms with Gasteiger partial charge >= 0.3 is 0 Å². The van der Waals surface area contributed by atoms with E-state index in [2.05, 4.69) is 5.32 Å². The Balaban J connectivity index is 1.59. The molecule has 0 aliphatic carbocycles. The van der Waals surface area contributed by atoms with Gasteiger partial charge in [-0.3, -0.25) is 9.59 Å². The number of nitrogens with zero attached hydrogens (tertiary/aromatic N) is 1. The lowest BCUT2D eigenvalue weighted by Crippen LogP contribution is -2.25. The summed E-state index contributed by atoms with van der Waals surface area (Å²) in [6.07, 6.45) is 1.42. The van der Waals surface area contributed by atoms with E-state index in [0.29, 0.717) is 31.0 Å². The molecule has 1 aliphatic heterocycles. The molecule has 0 bridgehead atoms. The smallest absolute Gasteiger partial charge is 0.234 e. The predicted molar refractivity (Wildman–Crippen MR) is 105 cm³/mol. The first kappa shape index (κ1) is 18.3. The Bertz CT molecular complexity index is 777. The van der Waals surface area contributed by atoms with Gasteiger partial charge in [-0.1, -0.05) is 12.1 Å². The molecule has 1 aliphatic rings. The number of rotatable bonds is 7. The molecule has 1 saturated heterocycles. The van der Waals surface area contributed by atoms with E-state index in [1.807, 2.05) is 55.5 Å². The Morgan fingerprint density at radius 3 is 2.65 bits per heavy atom. The van der Waals surface area contributed by atoms with Gasteiger partial charge in [0.2, 0.25) is 11.8 Å². The third-order valence-electron chi connectivity index (χ3n) is 4.05. The van der Waals surface area contributed by atoms with Gasteiger partial charge in [0, 0.05) is 17.9 Å². The number of nitrogens with one attached hydrogen (secondary N) is 1. The molecule has 5 nitrogen and oxygen atoms in total. The topological polar surface area (TPSA) is 58.6 Å². The van der Waals surface area contributed by atoms with Crippen LogP contribution in [0.3, 0.4) is 0 Å². The molecule has 0 saturated carbocycles. The van der Waals surface area contributed by atoms with Crippen molar-refractivity contribution in [2.45, 2.75) is 24.7 Å². The van der Waals surface area contributed by atoms with Crippen LogP contribution in [-0.2, 0) is 9.59 Å². The molecule has 2 aromatic rings. The van der Waals surface area contributed by atoms with Crippen LogP contribution in [0.1, 0.15) is 19.8 Å². The Kier molecular flexibility index (Phi) is 6.17. The molecular formula is C20H22N2O3S. The fourth-order valence-corrected chi connectivity index (χ4v) is 3.55. The van der Waals surface area contributed by atoms with Crippen LogP contribution in [-0.4, -0.2) is 30.7 Å². The molecule has 26 heavy (non-hydrogen) atoms. The molecule has 2 aromatic carbocycles. The maximum atomic E-state index is 12.3. The van der Waals surface area contributed by atoms with E-state index in [-0.39, 0.29) is 11.8 Å². The number of carbonyl (C=O) groups excluding carboxylic acids is 2. The summed E-state index contributed by atoms with van der Waals surface area (Å²) in [4.78, 5) is 27.1. The zero-order valence-electron chi connectivity index (χ0n) is 14.7. The van der Waals surface area contributed by atoms with Crippen LogP contribution in [0.4, 0.5) is 11.4 Å². The summed E-state index contributed by atoms with van der Waals surface area (Å²) in [5.41, 5.74) is 1.45. The Hall–Kier alpha value is -2.47. The third-order valence-corrected chi connectivity index (χ3v) is 5.06. The maximum Gasteiger partial charge on any atom is 0.234 e. The van der Waals surface area contributed by atoms with E-state index in [1.54, 1.807) is 4.90 Å². The molecule has 136 valence electrons. The molecular weight excluding hydrogens is 348 g/mol. The summed E-state index contributed by atoms with van der Waals surface area (Å²) in [6, 6.07) is 15.1. The summed E-state index contributed by atoms with van der Waals surface area (Å²) >= 11 is 1.47. The van der Waals surface area contributed by atoms with Crippen LogP contribution in [0.5, 0.6) is 5.75 Å². The minimum atomic E-state index is -0.0945. The Morgan fingerprint density at radius 1 is 1.19 bits per heavy atom. The van der Waals surface area contributed by atoms with Crippen molar-refractivity contribution >= 4 is 35.0 Å². The highest BCUT2D eigenvalue weighted by atomic mass is 32.2. The number of para-hydroxylation sites is 2. The summed E-state index contributed by atoms with van der Waals surface area (Å²) in [5, 5.41) is 2.93. The average Bonchev–Trinajstić information content (AvgIpc) is 3.08. The Morgan fingerprint density at radius 2 is 1.96 bits per heavy atom. The second-order valence-electron chi connectivity index (χ2n) is 5.91. The van der Waals surface area contributed by atoms with Gasteiger partial charge in [0.25, 0.3) is 0 Å². The van der Waals surface area contributed by atoms with Gasteiger partial charge in [-0.05, 0) is 49.7 Å². The van der Waals surface area contributed by atoms with Crippen molar-refractivity contribution in [3.05, 3.63) is 48.5 Å². The van der Waals surface area contributed by atoms with Gasteiger partial charge in [-0.25, -0.2) is 0 Å². The van der Waals surface area contributed by atoms with Crippen molar-refractivity contribution in [1.82, 2.24) is 0 Å². The highest BCUT2D eigenvalue weighted by molar-refractivity contribution is 8.00. The number of benzene rings is 2. The lowest BCUT2D eigenvalue weighted by Gasteiger charge is -2.19. The van der Waals surface area contributed by atoms with Crippen LogP contribution in [0.2, 0.25) is 0 Å². The third kappa shape index (κ3) is 4.58. The van der Waals surface area contributed by atoms with Crippen LogP contribution >= 0.6 is 11.8 Å². The van der Waals surface area contributed by atoms with Crippen molar-refractivity contribution in [2.75, 3.05) is 29.1 Å². The zero-order valence-corrected chi connectivity index (χ0v) is 15.6. The number of carbonyl (C=O) groups is 2. The largest absolute Gasteiger partial charge is 0.494 e. The van der Waals surface area contributed by atoms with Crippen molar-refractivity contribution in [3.8, 4) is 5.75 Å². The summed E-state index contributed by atoms with van der Waals surface area (Å²) < 4.78 is 5.42. The number of hydrogen-bond acceptors (Lipinski definition) is 4.